The lowest BCUT2D eigenvalue weighted by Gasteiger charge is -2.30. The predicted molar refractivity (Wildman–Crippen MR) is 86.3 cm³/mol. The second kappa shape index (κ2) is 10.0. The summed E-state index contributed by atoms with van der Waals surface area (Å²) in [7, 11) is 0. The molecule has 0 radical (unpaired) electrons. The molecule has 1 saturated heterocycles. The lowest BCUT2D eigenvalue weighted by Crippen LogP contribution is -2.45. The van der Waals surface area contributed by atoms with Crippen molar-refractivity contribution in [2.24, 2.45) is 11.8 Å². The number of hydrogen-bond acceptors (Lipinski definition) is 3. The van der Waals surface area contributed by atoms with E-state index in [1.807, 2.05) is 0 Å². The number of amides is 2. The van der Waals surface area contributed by atoms with Gasteiger partial charge in [-0.15, -0.1) is 0 Å². The Morgan fingerprint density at radius 1 is 1.33 bits per heavy atom. The van der Waals surface area contributed by atoms with Crippen LogP contribution in [-0.2, 0) is 0 Å². The molecule has 124 valence electrons. The number of piperidine rings is 1. The van der Waals surface area contributed by atoms with E-state index in [0.717, 1.165) is 18.9 Å². The zero-order chi connectivity index (χ0) is 15.7. The summed E-state index contributed by atoms with van der Waals surface area (Å²) in [6, 6.07) is -0.0759. The van der Waals surface area contributed by atoms with Gasteiger partial charge < -0.3 is 20.6 Å². The average molecular weight is 299 g/mol. The van der Waals surface area contributed by atoms with Gasteiger partial charge in [0.1, 0.15) is 0 Å². The quantitative estimate of drug-likeness (QED) is 0.599. The van der Waals surface area contributed by atoms with Crippen LogP contribution < -0.4 is 10.6 Å². The van der Waals surface area contributed by atoms with Crippen molar-refractivity contribution in [2.45, 2.75) is 52.5 Å². The molecule has 1 heterocycles. The van der Waals surface area contributed by atoms with E-state index in [2.05, 4.69) is 36.3 Å². The maximum atomic E-state index is 11.8. The van der Waals surface area contributed by atoms with Crippen LogP contribution in [0.5, 0.6) is 0 Å². The first-order valence-electron chi connectivity index (χ1n) is 8.40. The minimum atomic E-state index is -0.116. The topological polar surface area (TPSA) is 64.6 Å². The van der Waals surface area contributed by atoms with Gasteiger partial charge in [-0.1, -0.05) is 20.8 Å². The summed E-state index contributed by atoms with van der Waals surface area (Å²) in [5, 5.41) is 14.9. The van der Waals surface area contributed by atoms with Gasteiger partial charge in [-0.2, -0.15) is 0 Å². The number of carbonyl (C=O) groups is 1. The van der Waals surface area contributed by atoms with Gasteiger partial charge in [0.25, 0.3) is 0 Å². The van der Waals surface area contributed by atoms with Crippen LogP contribution in [0.1, 0.15) is 46.5 Å². The van der Waals surface area contributed by atoms with E-state index in [-0.39, 0.29) is 18.7 Å². The van der Waals surface area contributed by atoms with Crippen LogP contribution in [0.2, 0.25) is 0 Å². The number of rotatable bonds is 8. The van der Waals surface area contributed by atoms with E-state index in [1.165, 1.54) is 25.9 Å². The monoisotopic (exact) mass is 299 g/mol. The molecular weight excluding hydrogens is 266 g/mol. The highest BCUT2D eigenvalue weighted by molar-refractivity contribution is 5.74. The molecule has 0 aromatic heterocycles. The minimum Gasteiger partial charge on any atom is -0.396 e. The predicted octanol–water partition coefficient (Wildman–Crippen LogP) is 1.81. The lowest BCUT2D eigenvalue weighted by molar-refractivity contribution is 0.189. The molecule has 2 amide bonds. The van der Waals surface area contributed by atoms with Gasteiger partial charge in [-0.05, 0) is 57.2 Å². The van der Waals surface area contributed by atoms with E-state index in [0.29, 0.717) is 18.9 Å². The smallest absolute Gasteiger partial charge is 0.315 e. The summed E-state index contributed by atoms with van der Waals surface area (Å²) in [5.74, 6) is 1.20. The number of likely N-dealkylation sites (tertiary alicyclic amines) is 1. The first-order chi connectivity index (χ1) is 10.0. The van der Waals surface area contributed by atoms with Gasteiger partial charge in [0, 0.05) is 19.2 Å². The Morgan fingerprint density at radius 3 is 2.57 bits per heavy atom. The standard InChI is InChI=1S/C16H33N3O2/c1-13(2)15(7-12-20)18-16(21)17-8-4-9-19-10-5-14(3)6-11-19/h13-15,20H,4-12H2,1-3H3,(H2,17,18,21). The van der Waals surface area contributed by atoms with Crippen molar-refractivity contribution in [2.75, 3.05) is 32.8 Å². The Hall–Kier alpha value is -0.810. The summed E-state index contributed by atoms with van der Waals surface area (Å²) < 4.78 is 0. The Kier molecular flexibility index (Phi) is 8.69. The van der Waals surface area contributed by atoms with Gasteiger partial charge in [-0.25, -0.2) is 4.79 Å². The molecule has 1 atom stereocenters. The second-order valence-corrected chi connectivity index (χ2v) is 6.64. The maximum Gasteiger partial charge on any atom is 0.315 e. The molecule has 3 N–H and O–H groups in total. The molecule has 1 aliphatic heterocycles. The molecule has 1 rings (SSSR count). The molecule has 5 heteroatoms. The van der Waals surface area contributed by atoms with Crippen molar-refractivity contribution in [3.8, 4) is 0 Å². The Morgan fingerprint density at radius 2 is 2.00 bits per heavy atom. The van der Waals surface area contributed by atoms with Crippen LogP contribution in [0, 0.1) is 11.8 Å². The van der Waals surface area contributed by atoms with Crippen molar-refractivity contribution in [3.05, 3.63) is 0 Å². The highest BCUT2D eigenvalue weighted by Gasteiger charge is 2.16. The number of urea groups is 1. The van der Waals surface area contributed by atoms with Crippen LogP contribution in [0.4, 0.5) is 4.79 Å². The van der Waals surface area contributed by atoms with Gasteiger partial charge in [0.05, 0.1) is 0 Å². The number of aliphatic hydroxyl groups is 1. The summed E-state index contributed by atoms with van der Waals surface area (Å²) >= 11 is 0. The highest BCUT2D eigenvalue weighted by Crippen LogP contribution is 2.15. The Labute approximate surface area is 129 Å². The second-order valence-electron chi connectivity index (χ2n) is 6.64. The molecule has 0 bridgehead atoms. The molecule has 5 nitrogen and oxygen atoms in total. The third-order valence-electron chi connectivity index (χ3n) is 4.37. The number of hydrogen-bond donors (Lipinski definition) is 3. The van der Waals surface area contributed by atoms with Gasteiger partial charge in [0.2, 0.25) is 0 Å². The molecular formula is C16H33N3O2. The van der Waals surface area contributed by atoms with Crippen LogP contribution in [-0.4, -0.2) is 54.9 Å². The molecule has 0 spiro atoms. The highest BCUT2D eigenvalue weighted by atomic mass is 16.3. The average Bonchev–Trinajstić information content (AvgIpc) is 2.45. The zero-order valence-electron chi connectivity index (χ0n) is 13.9. The van der Waals surface area contributed by atoms with E-state index < -0.39 is 0 Å². The largest absolute Gasteiger partial charge is 0.396 e. The van der Waals surface area contributed by atoms with Crippen LogP contribution >= 0.6 is 0 Å². The van der Waals surface area contributed by atoms with Crippen LogP contribution in [0.3, 0.4) is 0 Å². The van der Waals surface area contributed by atoms with E-state index >= 15 is 0 Å². The van der Waals surface area contributed by atoms with Gasteiger partial charge in [-0.3, -0.25) is 0 Å². The number of carbonyl (C=O) groups excluding carboxylic acids is 1. The molecule has 0 aromatic carbocycles. The number of aliphatic hydroxyl groups excluding tert-OH is 1. The van der Waals surface area contributed by atoms with Crippen molar-refractivity contribution >= 4 is 6.03 Å². The lowest BCUT2D eigenvalue weighted by atomic mass is 9.99. The Balaban J connectivity index is 2.10. The van der Waals surface area contributed by atoms with E-state index in [4.69, 9.17) is 5.11 Å². The molecule has 0 aliphatic carbocycles. The summed E-state index contributed by atoms with van der Waals surface area (Å²) in [6.45, 7) is 10.7. The fourth-order valence-electron chi connectivity index (χ4n) is 2.72. The van der Waals surface area contributed by atoms with Crippen molar-refractivity contribution in [1.29, 1.82) is 0 Å². The zero-order valence-corrected chi connectivity index (χ0v) is 13.9. The molecule has 1 aliphatic rings. The molecule has 0 saturated carbocycles. The SMILES string of the molecule is CC1CCN(CCCNC(=O)NC(CCO)C(C)C)CC1. The number of nitrogens with zero attached hydrogens (tertiary/aromatic N) is 1. The van der Waals surface area contributed by atoms with Crippen molar-refractivity contribution in [1.82, 2.24) is 15.5 Å². The fourth-order valence-corrected chi connectivity index (χ4v) is 2.72. The number of nitrogens with one attached hydrogen (secondary N) is 2. The van der Waals surface area contributed by atoms with E-state index in [9.17, 15) is 4.79 Å². The summed E-state index contributed by atoms with van der Waals surface area (Å²) in [5.41, 5.74) is 0. The van der Waals surface area contributed by atoms with Gasteiger partial charge in [0.15, 0.2) is 0 Å². The molecule has 21 heavy (non-hydrogen) atoms. The van der Waals surface area contributed by atoms with E-state index in [1.54, 1.807) is 0 Å². The first-order valence-corrected chi connectivity index (χ1v) is 8.40. The van der Waals surface area contributed by atoms with Crippen LogP contribution in [0.15, 0.2) is 0 Å². The van der Waals surface area contributed by atoms with Crippen molar-refractivity contribution in [3.63, 3.8) is 0 Å². The Bertz CT molecular complexity index is 289. The third-order valence-corrected chi connectivity index (χ3v) is 4.37. The molecule has 1 unspecified atom stereocenters. The molecule has 0 aromatic rings. The maximum absolute atomic E-state index is 11.8. The fraction of sp³-hybridized carbons (Fsp3) is 0.938. The third kappa shape index (κ3) is 7.67. The first kappa shape index (κ1) is 18.2. The molecule has 1 fully saturated rings. The van der Waals surface area contributed by atoms with Gasteiger partial charge >= 0.3 is 6.03 Å². The minimum absolute atomic E-state index is 0.0404. The normalized spacial score (nSPS) is 18.7. The summed E-state index contributed by atoms with van der Waals surface area (Å²) in [6.07, 6.45) is 4.20. The summed E-state index contributed by atoms with van der Waals surface area (Å²) in [4.78, 5) is 14.3. The van der Waals surface area contributed by atoms with Crippen LogP contribution in [0.25, 0.3) is 0 Å². The van der Waals surface area contributed by atoms with Crippen molar-refractivity contribution < 1.29 is 9.90 Å².